The number of phenolic OH excluding ortho intramolecular Hbond substituents is 3. The van der Waals surface area contributed by atoms with Crippen molar-refractivity contribution >= 4 is 17.5 Å². The van der Waals surface area contributed by atoms with Crippen LogP contribution in [0.4, 0.5) is 0 Å². The van der Waals surface area contributed by atoms with Gasteiger partial charge in [0.25, 0.3) is 0 Å². The number of methoxy groups -OCH3 is 1. The lowest BCUT2D eigenvalue weighted by molar-refractivity contribution is -0.309. The van der Waals surface area contributed by atoms with Crippen LogP contribution in [0.1, 0.15) is 81.7 Å². The lowest BCUT2D eigenvalue weighted by Crippen LogP contribution is -2.58. The first-order valence-corrected chi connectivity index (χ1v) is 13.0. The van der Waals surface area contributed by atoms with Gasteiger partial charge in [-0.25, -0.2) is 0 Å². The minimum atomic E-state index is -2.00. The zero-order valence-electron chi connectivity index (χ0n) is 22.3. The maximum Gasteiger partial charge on any atom is 0.316 e. The number of aromatic hydroxyl groups is 3. The smallest absolute Gasteiger partial charge is 0.316 e. The van der Waals surface area contributed by atoms with Gasteiger partial charge in [0.2, 0.25) is 5.78 Å². The highest BCUT2D eigenvalue weighted by atomic mass is 16.7. The number of carbonyl (C=O) groups excluding carboxylic acids is 3. The molecule has 1 aliphatic heterocycles. The third kappa shape index (κ3) is 4.11. The summed E-state index contributed by atoms with van der Waals surface area (Å²) in [5.74, 6) is -6.87. The molecule has 220 valence electrons. The molecule has 3 aliphatic rings. The van der Waals surface area contributed by atoms with Gasteiger partial charge in [-0.3, -0.25) is 14.4 Å². The Labute approximate surface area is 233 Å². The summed E-state index contributed by atoms with van der Waals surface area (Å²) in [5.41, 5.74) is -4.74. The van der Waals surface area contributed by atoms with Crippen LogP contribution in [0.2, 0.25) is 0 Å². The van der Waals surface area contributed by atoms with Crippen LogP contribution in [-0.2, 0) is 19.0 Å². The molecule has 2 aromatic rings. The zero-order chi connectivity index (χ0) is 30.1. The molecule has 0 saturated carbocycles. The molecule has 41 heavy (non-hydrogen) atoms. The molecule has 0 aromatic heterocycles. The largest absolute Gasteiger partial charge is 0.507 e. The van der Waals surface area contributed by atoms with E-state index in [1.165, 1.54) is 32.0 Å². The Morgan fingerprint density at radius 3 is 2.24 bits per heavy atom. The van der Waals surface area contributed by atoms with Crippen molar-refractivity contribution < 1.29 is 64.3 Å². The van der Waals surface area contributed by atoms with E-state index < -0.39 is 112 Å². The average Bonchev–Trinajstić information content (AvgIpc) is 2.94. The van der Waals surface area contributed by atoms with E-state index in [4.69, 9.17) is 14.2 Å². The number of ketones is 2. The molecule has 13 nitrogen and oxygen atoms in total. The Kier molecular flexibility index (Phi) is 7.09. The van der Waals surface area contributed by atoms with E-state index in [1.54, 1.807) is 0 Å². The summed E-state index contributed by atoms with van der Waals surface area (Å²) >= 11 is 0. The Balaban J connectivity index is 1.77. The first-order valence-electron chi connectivity index (χ1n) is 13.0. The van der Waals surface area contributed by atoms with Gasteiger partial charge in [-0.05, 0) is 19.4 Å². The highest BCUT2D eigenvalue weighted by Crippen LogP contribution is 2.57. The van der Waals surface area contributed by atoms with Crippen molar-refractivity contribution in [1.82, 2.24) is 0 Å². The number of hydrogen-bond acceptors (Lipinski definition) is 13. The van der Waals surface area contributed by atoms with Crippen molar-refractivity contribution in [3.05, 3.63) is 51.6 Å². The van der Waals surface area contributed by atoms with Crippen molar-refractivity contribution in [1.29, 1.82) is 0 Å². The van der Waals surface area contributed by atoms with E-state index in [1.807, 2.05) is 0 Å². The van der Waals surface area contributed by atoms with Crippen LogP contribution in [-0.4, -0.2) is 96.7 Å². The van der Waals surface area contributed by atoms with Crippen LogP contribution in [0, 0.1) is 0 Å². The van der Waals surface area contributed by atoms with Gasteiger partial charge in [0.15, 0.2) is 12.1 Å². The van der Waals surface area contributed by atoms with Crippen LogP contribution < -0.4 is 0 Å². The Hall–Kier alpha value is -3.59. The normalized spacial score (nSPS) is 32.6. The summed E-state index contributed by atoms with van der Waals surface area (Å²) in [6, 6.07) is 3.75. The predicted octanol–water partition coefficient (Wildman–Crippen LogP) is 0.265. The Bertz CT molecular complexity index is 1450. The van der Waals surface area contributed by atoms with Crippen molar-refractivity contribution in [2.45, 2.75) is 75.0 Å². The number of fused-ring (bicyclic) bond motifs is 3. The van der Waals surface area contributed by atoms with E-state index in [0.717, 1.165) is 7.11 Å². The molecule has 1 saturated heterocycles. The van der Waals surface area contributed by atoms with Crippen LogP contribution in [0.5, 0.6) is 17.2 Å². The first-order chi connectivity index (χ1) is 19.3. The highest BCUT2D eigenvalue weighted by Gasteiger charge is 2.55. The maximum absolute atomic E-state index is 13.6. The zero-order valence-corrected chi connectivity index (χ0v) is 22.3. The van der Waals surface area contributed by atoms with E-state index in [-0.39, 0.29) is 17.5 Å². The van der Waals surface area contributed by atoms with E-state index >= 15 is 0 Å². The molecule has 1 fully saturated rings. The summed E-state index contributed by atoms with van der Waals surface area (Å²) in [6.45, 7) is 2.95. The van der Waals surface area contributed by atoms with Crippen LogP contribution in [0.15, 0.2) is 18.2 Å². The molecule has 0 spiro atoms. The number of rotatable bonds is 4. The quantitative estimate of drug-likeness (QED) is 0.164. The number of benzene rings is 2. The lowest BCUT2D eigenvalue weighted by atomic mass is 9.66. The molecule has 0 amide bonds. The minimum Gasteiger partial charge on any atom is -0.507 e. The van der Waals surface area contributed by atoms with Gasteiger partial charge in [-0.1, -0.05) is 19.1 Å². The molecular weight excluding hydrogens is 544 g/mol. The van der Waals surface area contributed by atoms with Gasteiger partial charge in [-0.2, -0.15) is 0 Å². The lowest BCUT2D eigenvalue weighted by Gasteiger charge is -2.46. The summed E-state index contributed by atoms with van der Waals surface area (Å²) in [6.07, 6.45) is -9.64. The molecule has 13 heteroatoms. The molecule has 2 aliphatic carbocycles. The van der Waals surface area contributed by atoms with Crippen LogP contribution in [0.3, 0.4) is 0 Å². The molecule has 8 unspecified atom stereocenters. The van der Waals surface area contributed by atoms with Crippen molar-refractivity contribution in [2.24, 2.45) is 0 Å². The Morgan fingerprint density at radius 2 is 1.61 bits per heavy atom. The SMILES string of the molecule is CCC1(O)CC(OC2OC(C)C(O)C(O)C2O)c2c(O)c3c(c(O)c2C1C(=O)OC)C(=O)c1cccc(O)c1C3=O. The maximum atomic E-state index is 13.6. The molecule has 8 atom stereocenters. The fourth-order valence-corrected chi connectivity index (χ4v) is 6.07. The standard InChI is InChI=1S/C28H30O13/c1-4-28(38)8-12(41-27-25(36)24(35)19(30)9(2)40-27)14-15(18(28)26(37)39-3)23(34)16-17(22(14)33)21(32)13-10(20(16)31)6-5-7-11(13)29/h5-7,9,12,18-19,24-25,27,29-30,33-36,38H,4,8H2,1-3H3. The van der Waals surface area contributed by atoms with E-state index in [0.29, 0.717) is 0 Å². The number of carbonyl (C=O) groups is 3. The predicted molar refractivity (Wildman–Crippen MR) is 136 cm³/mol. The van der Waals surface area contributed by atoms with Gasteiger partial charge in [0.05, 0.1) is 41.6 Å². The van der Waals surface area contributed by atoms with Gasteiger partial charge < -0.3 is 50.0 Å². The molecular formula is C28H30O13. The monoisotopic (exact) mass is 574 g/mol. The number of hydrogen-bond donors (Lipinski definition) is 7. The second-order valence-electron chi connectivity index (χ2n) is 10.6. The van der Waals surface area contributed by atoms with Gasteiger partial charge in [0, 0.05) is 23.1 Å². The third-order valence-electron chi connectivity index (χ3n) is 8.34. The van der Waals surface area contributed by atoms with Crippen molar-refractivity contribution in [3.63, 3.8) is 0 Å². The molecule has 1 heterocycles. The minimum absolute atomic E-state index is 0.112. The Morgan fingerprint density at radius 1 is 0.976 bits per heavy atom. The van der Waals surface area contributed by atoms with Gasteiger partial charge in [-0.15, -0.1) is 0 Å². The second kappa shape index (κ2) is 10.0. The van der Waals surface area contributed by atoms with Gasteiger partial charge in [0.1, 0.15) is 41.5 Å². The topological polar surface area (TPSA) is 221 Å². The molecule has 0 bridgehead atoms. The molecule has 5 rings (SSSR count). The van der Waals surface area contributed by atoms with Crippen LogP contribution in [0.25, 0.3) is 0 Å². The van der Waals surface area contributed by atoms with Crippen LogP contribution >= 0.6 is 0 Å². The number of ether oxygens (including phenoxy) is 3. The summed E-state index contributed by atoms with van der Waals surface area (Å²) < 4.78 is 16.4. The first kappa shape index (κ1) is 28.9. The number of esters is 1. The van der Waals surface area contributed by atoms with Crippen molar-refractivity contribution in [2.75, 3.05) is 7.11 Å². The number of phenols is 3. The fourth-order valence-electron chi connectivity index (χ4n) is 6.07. The second-order valence-corrected chi connectivity index (χ2v) is 10.6. The highest BCUT2D eigenvalue weighted by molar-refractivity contribution is 6.31. The van der Waals surface area contributed by atoms with E-state index in [2.05, 4.69) is 0 Å². The van der Waals surface area contributed by atoms with E-state index in [9.17, 15) is 50.1 Å². The summed E-state index contributed by atoms with van der Waals surface area (Å²) in [5, 5.41) is 76.1. The summed E-state index contributed by atoms with van der Waals surface area (Å²) in [4.78, 5) is 40.2. The van der Waals surface area contributed by atoms with Crippen molar-refractivity contribution in [3.8, 4) is 17.2 Å². The number of aliphatic hydroxyl groups excluding tert-OH is 3. The van der Waals surface area contributed by atoms with Gasteiger partial charge >= 0.3 is 5.97 Å². The fraction of sp³-hybridized carbons (Fsp3) is 0.464. The molecule has 0 radical (unpaired) electrons. The summed E-state index contributed by atoms with van der Waals surface area (Å²) in [7, 11) is 1.05. The number of aliphatic hydroxyl groups is 4. The third-order valence-corrected chi connectivity index (χ3v) is 8.34. The molecule has 7 N–H and O–H groups in total. The molecule has 2 aromatic carbocycles. The average molecular weight is 575 g/mol.